The molecule has 0 aliphatic rings. The van der Waals surface area contributed by atoms with Crippen molar-refractivity contribution in [1.29, 1.82) is 0 Å². The Kier molecular flexibility index (Phi) is 0.458. The second-order valence-electron chi connectivity index (χ2n) is 0.656. The first-order valence-corrected chi connectivity index (χ1v) is 2.67. The van der Waals surface area contributed by atoms with E-state index >= 15 is 0 Å². The highest BCUT2D eigenvalue weighted by Gasteiger charge is 2.05. The van der Waals surface area contributed by atoms with E-state index in [1.165, 1.54) is 0 Å². The van der Waals surface area contributed by atoms with E-state index in [9.17, 15) is 4.57 Å². The van der Waals surface area contributed by atoms with Gasteiger partial charge in [0.2, 0.25) is 0 Å². The third kappa shape index (κ3) is 4.15. The van der Waals surface area contributed by atoms with Gasteiger partial charge in [0.1, 0.15) is 0 Å². The summed E-state index contributed by atoms with van der Waals surface area (Å²) in [5, 5.41) is 0. The predicted octanol–water partition coefficient (Wildman–Crippen LogP) is 0.184. The standard InChI is InChI=1S/C2H7O3P/c1-2-6(3,4)5/h2H2,1H3,(H2,3,4,5)/i1D3,2D2. The number of hydrogen-bond donors (Lipinski definition) is 2. The van der Waals surface area contributed by atoms with Gasteiger partial charge in [0.05, 0.1) is 0 Å². The Bertz CT molecular complexity index is 190. The van der Waals surface area contributed by atoms with Gasteiger partial charge in [0, 0.05) is 13.0 Å². The van der Waals surface area contributed by atoms with E-state index in [4.69, 9.17) is 16.6 Å². The van der Waals surface area contributed by atoms with Crippen molar-refractivity contribution >= 4 is 7.60 Å². The summed E-state index contributed by atoms with van der Waals surface area (Å²) in [4.78, 5) is 16.5. The second-order valence-corrected chi connectivity index (χ2v) is 1.97. The summed E-state index contributed by atoms with van der Waals surface area (Å²) in [6.07, 6.45) is -3.46. The third-order valence-electron chi connectivity index (χ3n) is 0.146. The highest BCUT2D eigenvalue weighted by Crippen LogP contribution is 2.32. The van der Waals surface area contributed by atoms with Crippen LogP contribution in [0.5, 0.6) is 0 Å². The Balaban J connectivity index is 4.91. The fourth-order valence-corrected chi connectivity index (χ4v) is 0. The van der Waals surface area contributed by atoms with Crippen molar-refractivity contribution in [3.63, 3.8) is 0 Å². The van der Waals surface area contributed by atoms with Crippen molar-refractivity contribution in [2.24, 2.45) is 0 Å². The molecule has 38 valence electrons. The summed E-state index contributed by atoms with van der Waals surface area (Å²) in [5.41, 5.74) is 0. The molecule has 0 unspecified atom stereocenters. The quantitative estimate of drug-likeness (QED) is 0.479. The van der Waals surface area contributed by atoms with E-state index in [1.54, 1.807) is 0 Å². The van der Waals surface area contributed by atoms with Crippen LogP contribution in [0.15, 0.2) is 0 Å². The van der Waals surface area contributed by atoms with Crippen LogP contribution in [0.3, 0.4) is 0 Å². The fourth-order valence-electron chi connectivity index (χ4n) is 0. The monoisotopic (exact) mass is 115 g/mol. The van der Waals surface area contributed by atoms with Crippen LogP contribution in [0, 0.1) is 0 Å². The SMILES string of the molecule is [2H]C([2H])([2H])C([2H])([2H])P(=O)(O)O. The summed E-state index contributed by atoms with van der Waals surface area (Å²) in [5.74, 6) is 0. The Morgan fingerprint density at radius 1 is 2.17 bits per heavy atom. The minimum atomic E-state index is -5.22. The first kappa shape index (κ1) is 1.58. The lowest BCUT2D eigenvalue weighted by Crippen LogP contribution is -1.76. The zero-order valence-corrected chi connectivity index (χ0v) is 3.64. The van der Waals surface area contributed by atoms with E-state index in [2.05, 4.69) is 0 Å². The van der Waals surface area contributed by atoms with Gasteiger partial charge in [-0.2, -0.15) is 0 Å². The molecule has 0 saturated carbocycles. The molecule has 0 radical (unpaired) electrons. The Hall–Kier alpha value is 0.150. The zero-order chi connectivity index (χ0) is 9.50. The lowest BCUT2D eigenvalue weighted by atomic mass is 11.0. The van der Waals surface area contributed by atoms with E-state index in [0.29, 0.717) is 0 Å². The maximum absolute atomic E-state index is 10.3. The molecule has 6 heavy (non-hydrogen) atoms. The molecule has 0 spiro atoms. The Morgan fingerprint density at radius 2 is 2.67 bits per heavy atom. The Labute approximate surface area is 43.2 Å². The van der Waals surface area contributed by atoms with E-state index < -0.39 is 20.6 Å². The van der Waals surface area contributed by atoms with Gasteiger partial charge in [-0.05, 0) is 0 Å². The van der Waals surface area contributed by atoms with Gasteiger partial charge < -0.3 is 9.79 Å². The van der Waals surface area contributed by atoms with Gasteiger partial charge in [0.15, 0.2) is 0 Å². The predicted molar refractivity (Wildman–Crippen MR) is 22.6 cm³/mol. The van der Waals surface area contributed by atoms with Crippen molar-refractivity contribution in [2.75, 3.05) is 6.11 Å². The molecule has 0 rings (SSSR count). The molecule has 0 saturated heterocycles. The first-order valence-electron chi connectivity index (χ1n) is 3.56. The molecule has 0 aromatic heterocycles. The lowest BCUT2D eigenvalue weighted by molar-refractivity contribution is 0.375. The van der Waals surface area contributed by atoms with Crippen molar-refractivity contribution in [1.82, 2.24) is 0 Å². The lowest BCUT2D eigenvalue weighted by Gasteiger charge is -1.92. The van der Waals surface area contributed by atoms with Gasteiger partial charge in [-0.15, -0.1) is 0 Å². The summed E-state index contributed by atoms with van der Waals surface area (Å²) >= 11 is 0. The molecule has 0 aromatic carbocycles. The molecule has 0 aromatic rings. The average Bonchev–Trinajstić information content (AvgIpc) is 1.58. The van der Waals surface area contributed by atoms with Crippen LogP contribution in [0.2, 0.25) is 0 Å². The molecule has 2 N–H and O–H groups in total. The van der Waals surface area contributed by atoms with Gasteiger partial charge in [-0.25, -0.2) is 0 Å². The van der Waals surface area contributed by atoms with Crippen LogP contribution >= 0.6 is 7.60 Å². The normalized spacial score (nSPS) is 28.7. The molecular formula is C2H7O3P. The minimum absolute atomic E-state index is 3.30. The van der Waals surface area contributed by atoms with E-state index in [0.717, 1.165) is 0 Å². The smallest absolute Gasteiger partial charge is 0.324 e. The number of rotatable bonds is 1. The van der Waals surface area contributed by atoms with Crippen LogP contribution in [-0.2, 0) is 4.57 Å². The van der Waals surface area contributed by atoms with E-state index in [-0.39, 0.29) is 0 Å². The maximum Gasteiger partial charge on any atom is 0.325 e. The molecule has 0 bridgehead atoms. The van der Waals surface area contributed by atoms with Crippen LogP contribution in [-0.4, -0.2) is 15.9 Å². The highest BCUT2D eigenvalue weighted by molar-refractivity contribution is 7.51. The van der Waals surface area contributed by atoms with Gasteiger partial charge in [0.25, 0.3) is 0 Å². The van der Waals surface area contributed by atoms with Crippen LogP contribution in [0.1, 0.15) is 13.7 Å². The first-order chi connectivity index (χ1) is 4.50. The summed E-state index contributed by atoms with van der Waals surface area (Å²) in [7, 11) is -5.22. The molecule has 0 heterocycles. The van der Waals surface area contributed by atoms with Crippen LogP contribution in [0.25, 0.3) is 0 Å². The fraction of sp³-hybridized carbons (Fsp3) is 1.00. The third-order valence-corrected chi connectivity index (χ3v) is 0.437. The van der Waals surface area contributed by atoms with Gasteiger partial charge in [-0.3, -0.25) is 4.57 Å². The minimum Gasteiger partial charge on any atom is -0.324 e. The van der Waals surface area contributed by atoms with Crippen molar-refractivity contribution in [3.8, 4) is 0 Å². The van der Waals surface area contributed by atoms with Crippen molar-refractivity contribution in [3.05, 3.63) is 0 Å². The van der Waals surface area contributed by atoms with Crippen molar-refractivity contribution < 1.29 is 21.2 Å². The van der Waals surface area contributed by atoms with E-state index in [1.807, 2.05) is 0 Å². The summed E-state index contributed by atoms with van der Waals surface area (Å²) in [6, 6.07) is 0. The highest BCUT2D eigenvalue weighted by atomic mass is 31.2. The second kappa shape index (κ2) is 1.73. The maximum atomic E-state index is 10.3. The number of hydrogen-bond acceptors (Lipinski definition) is 1. The molecule has 3 nitrogen and oxygen atoms in total. The largest absolute Gasteiger partial charge is 0.325 e. The molecule has 0 aliphatic carbocycles. The van der Waals surface area contributed by atoms with Gasteiger partial charge in [-0.1, -0.05) is 6.85 Å². The van der Waals surface area contributed by atoms with Gasteiger partial charge >= 0.3 is 7.60 Å². The van der Waals surface area contributed by atoms with Crippen molar-refractivity contribution in [2.45, 2.75) is 6.85 Å². The summed E-state index contributed by atoms with van der Waals surface area (Å²) in [6.45, 7) is -3.30. The zero-order valence-electron chi connectivity index (χ0n) is 7.75. The molecule has 0 aliphatic heterocycles. The summed E-state index contributed by atoms with van der Waals surface area (Å²) < 4.78 is 42.8. The Morgan fingerprint density at radius 3 is 2.67 bits per heavy atom. The molecular weight excluding hydrogens is 103 g/mol. The van der Waals surface area contributed by atoms with Crippen LogP contribution in [0.4, 0.5) is 0 Å². The molecule has 0 fully saturated rings. The van der Waals surface area contributed by atoms with Crippen LogP contribution < -0.4 is 0 Å². The molecule has 4 heteroatoms. The molecule has 0 atom stereocenters. The molecule has 0 amide bonds. The average molecular weight is 115 g/mol. The topological polar surface area (TPSA) is 57.5 Å².